The smallest absolute Gasteiger partial charge is 0.300 e. The number of anilines is 1. The van der Waals surface area contributed by atoms with E-state index in [-0.39, 0.29) is 43.4 Å². The molecule has 1 aromatic heterocycles. The normalized spacial score (nSPS) is 17.1. The third-order valence-corrected chi connectivity index (χ3v) is 6.33. The van der Waals surface area contributed by atoms with Gasteiger partial charge in [-0.1, -0.05) is 40.9 Å². The molecule has 0 radical (unpaired) electrons. The minimum Gasteiger partial charge on any atom is -0.507 e. The number of aliphatic hydroxyl groups excluding tert-OH is 1. The molecular formula is C24H16Cl3FN2O5. The Morgan fingerprint density at radius 2 is 1.77 bits per heavy atom. The summed E-state index contributed by atoms with van der Waals surface area (Å²) in [5.41, 5.74) is 0.230. The quantitative estimate of drug-likeness (QED) is 0.250. The summed E-state index contributed by atoms with van der Waals surface area (Å²) in [7, 11) is 2.66. The van der Waals surface area contributed by atoms with Gasteiger partial charge in [-0.2, -0.15) is 0 Å². The third-order valence-electron chi connectivity index (χ3n) is 5.42. The molecule has 1 aliphatic rings. The Hall–Kier alpha value is -3.33. The highest BCUT2D eigenvalue weighted by Crippen LogP contribution is 2.48. The summed E-state index contributed by atoms with van der Waals surface area (Å²) in [5, 5.41) is 11.1. The minimum atomic E-state index is -1.13. The first-order chi connectivity index (χ1) is 16.7. The molecule has 1 N–H and O–H groups in total. The van der Waals surface area contributed by atoms with Crippen LogP contribution in [-0.4, -0.2) is 36.0 Å². The van der Waals surface area contributed by atoms with Gasteiger partial charge >= 0.3 is 0 Å². The van der Waals surface area contributed by atoms with Crippen molar-refractivity contribution >= 4 is 57.9 Å². The summed E-state index contributed by atoms with van der Waals surface area (Å²) >= 11 is 18.6. The predicted octanol–water partition coefficient (Wildman–Crippen LogP) is 5.82. The maximum atomic E-state index is 13.8. The number of rotatable bonds is 5. The van der Waals surface area contributed by atoms with Crippen LogP contribution in [0, 0.1) is 5.82 Å². The fourth-order valence-corrected chi connectivity index (χ4v) is 4.74. The second-order valence-electron chi connectivity index (χ2n) is 7.34. The summed E-state index contributed by atoms with van der Waals surface area (Å²) in [6, 6.07) is 7.00. The monoisotopic (exact) mass is 536 g/mol. The number of hydrogen-bond donors (Lipinski definition) is 1. The van der Waals surface area contributed by atoms with E-state index in [2.05, 4.69) is 4.98 Å². The van der Waals surface area contributed by atoms with Gasteiger partial charge in [-0.3, -0.25) is 19.5 Å². The fraction of sp³-hybridized carbons (Fsp3) is 0.125. The molecule has 4 rings (SSSR count). The summed E-state index contributed by atoms with van der Waals surface area (Å²) in [4.78, 5) is 31.6. The molecule has 0 spiro atoms. The summed E-state index contributed by atoms with van der Waals surface area (Å²) in [6.45, 7) is 0. The van der Waals surface area contributed by atoms with Gasteiger partial charge in [0.15, 0.2) is 11.5 Å². The first kappa shape index (κ1) is 24.8. The lowest BCUT2D eigenvalue weighted by atomic mass is 9.95. The number of pyridine rings is 1. The van der Waals surface area contributed by atoms with E-state index in [1.807, 2.05) is 0 Å². The Morgan fingerprint density at radius 1 is 1.06 bits per heavy atom. The van der Waals surface area contributed by atoms with Gasteiger partial charge in [0.05, 0.1) is 41.4 Å². The lowest BCUT2D eigenvalue weighted by Crippen LogP contribution is -2.29. The van der Waals surface area contributed by atoms with Gasteiger partial charge in [0, 0.05) is 18.1 Å². The number of ketones is 1. The molecule has 1 fully saturated rings. The van der Waals surface area contributed by atoms with Gasteiger partial charge in [-0.15, -0.1) is 0 Å². The van der Waals surface area contributed by atoms with Crippen LogP contribution < -0.4 is 14.4 Å². The molecule has 0 saturated carbocycles. The molecular weight excluding hydrogens is 522 g/mol. The molecule has 1 atom stereocenters. The summed E-state index contributed by atoms with van der Waals surface area (Å²) in [6.07, 6.45) is 2.95. The van der Waals surface area contributed by atoms with Crippen LogP contribution in [0.4, 0.5) is 10.1 Å². The van der Waals surface area contributed by atoms with E-state index >= 15 is 0 Å². The maximum absolute atomic E-state index is 13.8. The van der Waals surface area contributed by atoms with E-state index in [9.17, 15) is 19.1 Å². The van der Waals surface area contributed by atoms with Crippen LogP contribution >= 0.6 is 34.8 Å². The molecule has 7 nitrogen and oxygen atoms in total. The predicted molar refractivity (Wildman–Crippen MR) is 130 cm³/mol. The average Bonchev–Trinajstić information content (AvgIpc) is 3.11. The zero-order valence-electron chi connectivity index (χ0n) is 18.2. The topological polar surface area (TPSA) is 89.0 Å². The van der Waals surface area contributed by atoms with E-state index < -0.39 is 29.3 Å². The van der Waals surface area contributed by atoms with Crippen LogP contribution in [0.1, 0.15) is 17.2 Å². The van der Waals surface area contributed by atoms with Gasteiger partial charge in [-0.05, 0) is 35.9 Å². The first-order valence-corrected chi connectivity index (χ1v) is 11.1. The van der Waals surface area contributed by atoms with Crippen LogP contribution in [0.25, 0.3) is 5.76 Å². The maximum Gasteiger partial charge on any atom is 0.300 e. The van der Waals surface area contributed by atoms with Crippen molar-refractivity contribution in [1.29, 1.82) is 0 Å². The summed E-state index contributed by atoms with van der Waals surface area (Å²) < 4.78 is 24.3. The van der Waals surface area contributed by atoms with Crippen LogP contribution in [0.5, 0.6) is 11.5 Å². The molecule has 1 unspecified atom stereocenters. The van der Waals surface area contributed by atoms with Crippen molar-refractivity contribution in [3.63, 3.8) is 0 Å². The number of Topliss-reactive ketones (excluding diaryl/α,β-unsaturated/α-hetero) is 1. The molecule has 3 aromatic rings. The second-order valence-corrected chi connectivity index (χ2v) is 8.53. The van der Waals surface area contributed by atoms with Crippen LogP contribution in [-0.2, 0) is 9.59 Å². The number of carbonyl (C=O) groups excluding carboxylic acids is 2. The number of amides is 1. The Balaban J connectivity index is 2.01. The third kappa shape index (κ3) is 4.18. The highest BCUT2D eigenvalue weighted by atomic mass is 35.5. The number of ether oxygens (including phenoxy) is 2. The molecule has 1 amide bonds. The Morgan fingerprint density at radius 3 is 2.37 bits per heavy atom. The van der Waals surface area contributed by atoms with Crippen molar-refractivity contribution in [3.8, 4) is 11.5 Å². The number of hydrogen-bond acceptors (Lipinski definition) is 6. The zero-order chi connectivity index (χ0) is 25.4. The van der Waals surface area contributed by atoms with Crippen molar-refractivity contribution in [2.75, 3.05) is 19.1 Å². The van der Waals surface area contributed by atoms with E-state index in [1.54, 1.807) is 12.1 Å². The van der Waals surface area contributed by atoms with Gasteiger partial charge in [0.25, 0.3) is 11.7 Å². The first-order valence-electron chi connectivity index (χ1n) is 9.97. The van der Waals surface area contributed by atoms with E-state index in [1.165, 1.54) is 44.8 Å². The highest BCUT2D eigenvalue weighted by Gasteiger charge is 2.47. The fourth-order valence-electron chi connectivity index (χ4n) is 3.88. The van der Waals surface area contributed by atoms with E-state index in [0.29, 0.717) is 5.56 Å². The Bertz CT molecular complexity index is 1380. The van der Waals surface area contributed by atoms with Gasteiger partial charge in [0.2, 0.25) is 0 Å². The highest BCUT2D eigenvalue weighted by molar-refractivity contribution is 6.52. The number of methoxy groups -OCH3 is 2. The lowest BCUT2D eigenvalue weighted by molar-refractivity contribution is -0.132. The number of halogens is 4. The molecule has 1 aliphatic heterocycles. The number of nitrogens with zero attached hydrogens (tertiary/aromatic N) is 2. The van der Waals surface area contributed by atoms with Crippen molar-refractivity contribution in [1.82, 2.24) is 4.98 Å². The molecule has 2 heterocycles. The zero-order valence-corrected chi connectivity index (χ0v) is 20.5. The molecule has 11 heteroatoms. The van der Waals surface area contributed by atoms with Crippen molar-refractivity contribution in [2.45, 2.75) is 6.04 Å². The minimum absolute atomic E-state index is 0.0219. The molecule has 35 heavy (non-hydrogen) atoms. The Kier molecular flexibility index (Phi) is 6.89. The molecule has 180 valence electrons. The average molecular weight is 538 g/mol. The van der Waals surface area contributed by atoms with Crippen molar-refractivity contribution in [2.24, 2.45) is 0 Å². The standard InChI is InChI=1S/C24H16Cl3FN2O5/c1-34-22-13(9-15(26)23(35-2)18(22)27)20(31)17-19(11-4-3-7-29-10-11)30(24(33)21(17)32)12-5-6-16(28)14(25)8-12/h3-10,19,31H,1-2H3/b20-17+. The number of aliphatic hydroxyl groups is 1. The second kappa shape index (κ2) is 9.73. The number of carbonyl (C=O) groups is 2. The van der Waals surface area contributed by atoms with Crippen molar-refractivity contribution < 1.29 is 28.6 Å². The van der Waals surface area contributed by atoms with Crippen molar-refractivity contribution in [3.05, 3.63) is 86.4 Å². The van der Waals surface area contributed by atoms with E-state index in [4.69, 9.17) is 44.3 Å². The largest absolute Gasteiger partial charge is 0.507 e. The molecule has 1 saturated heterocycles. The van der Waals surface area contributed by atoms with Gasteiger partial charge in [0.1, 0.15) is 16.6 Å². The van der Waals surface area contributed by atoms with Crippen LogP contribution in [0.2, 0.25) is 15.1 Å². The van der Waals surface area contributed by atoms with Gasteiger partial charge < -0.3 is 14.6 Å². The number of benzene rings is 2. The lowest BCUT2D eigenvalue weighted by Gasteiger charge is -2.25. The molecule has 0 bridgehead atoms. The van der Waals surface area contributed by atoms with E-state index in [0.717, 1.165) is 11.0 Å². The van der Waals surface area contributed by atoms with Crippen LogP contribution in [0.15, 0.2) is 54.4 Å². The van der Waals surface area contributed by atoms with Crippen LogP contribution in [0.3, 0.4) is 0 Å². The SMILES string of the molecule is COc1c(Cl)cc(/C(O)=C2\C(=O)C(=O)N(c3ccc(F)c(Cl)c3)C2c2cccnc2)c(OC)c1Cl. The summed E-state index contributed by atoms with van der Waals surface area (Å²) in [5.74, 6) is -3.17. The Labute approximate surface area is 214 Å². The number of aromatic nitrogens is 1. The molecule has 2 aromatic carbocycles. The molecule has 0 aliphatic carbocycles. The van der Waals surface area contributed by atoms with Gasteiger partial charge in [-0.25, -0.2) is 4.39 Å².